The molecular formula is C27H23N3O3S. The summed E-state index contributed by atoms with van der Waals surface area (Å²) in [5, 5.41) is 4.86. The summed E-state index contributed by atoms with van der Waals surface area (Å²) in [7, 11) is 0. The highest BCUT2D eigenvalue weighted by Gasteiger charge is 2.37. The number of hydrogen-bond acceptors (Lipinski definition) is 4. The van der Waals surface area contributed by atoms with Gasteiger partial charge in [-0.25, -0.2) is 4.68 Å². The zero-order chi connectivity index (χ0) is 23.1. The Morgan fingerprint density at radius 3 is 2.47 bits per heavy atom. The zero-order valence-electron chi connectivity index (χ0n) is 18.5. The molecule has 2 aliphatic rings. The van der Waals surface area contributed by atoms with Crippen LogP contribution in [-0.2, 0) is 21.7 Å². The molecule has 0 bridgehead atoms. The van der Waals surface area contributed by atoms with Crippen LogP contribution in [0.3, 0.4) is 0 Å². The van der Waals surface area contributed by atoms with Crippen molar-refractivity contribution in [1.29, 1.82) is 0 Å². The number of benzene rings is 3. The molecule has 170 valence electrons. The van der Waals surface area contributed by atoms with E-state index in [0.29, 0.717) is 32.0 Å². The van der Waals surface area contributed by atoms with Crippen molar-refractivity contribution in [3.05, 3.63) is 90.1 Å². The number of rotatable bonds is 3. The van der Waals surface area contributed by atoms with Gasteiger partial charge >= 0.3 is 0 Å². The fraction of sp³-hybridized carbons (Fsp3) is 0.185. The van der Waals surface area contributed by atoms with Gasteiger partial charge in [0.15, 0.2) is 10.6 Å². The Labute approximate surface area is 201 Å². The molecule has 0 spiro atoms. The first-order valence-electron chi connectivity index (χ1n) is 11.3. The third-order valence-electron chi connectivity index (χ3n) is 6.35. The van der Waals surface area contributed by atoms with Crippen molar-refractivity contribution < 1.29 is 14.1 Å². The maximum absolute atomic E-state index is 13.5. The summed E-state index contributed by atoms with van der Waals surface area (Å²) >= 11 is -1.23. The van der Waals surface area contributed by atoms with Crippen LogP contribution in [0.5, 0.6) is 0 Å². The summed E-state index contributed by atoms with van der Waals surface area (Å²) in [4.78, 5) is 16.1. The van der Waals surface area contributed by atoms with Crippen molar-refractivity contribution in [2.24, 2.45) is 0 Å². The Morgan fingerprint density at radius 1 is 0.912 bits per heavy atom. The van der Waals surface area contributed by atoms with E-state index in [0.717, 1.165) is 38.5 Å². The molecule has 1 saturated heterocycles. The Balaban J connectivity index is 1.53. The minimum Gasteiger partial charge on any atom is -0.611 e. The van der Waals surface area contributed by atoms with E-state index in [-0.39, 0.29) is 11.7 Å². The molecule has 3 heterocycles. The third kappa shape index (κ3) is 3.62. The molecule has 1 aromatic heterocycles. The van der Waals surface area contributed by atoms with Crippen molar-refractivity contribution >= 4 is 17.1 Å². The summed E-state index contributed by atoms with van der Waals surface area (Å²) in [6.07, 6.45) is 0. The van der Waals surface area contributed by atoms with Crippen LogP contribution in [-0.4, -0.2) is 51.4 Å². The molecule has 0 N–H and O–H groups in total. The van der Waals surface area contributed by atoms with Gasteiger partial charge in [0.05, 0.1) is 35.7 Å². The van der Waals surface area contributed by atoms with Crippen LogP contribution in [0.25, 0.3) is 28.1 Å². The molecule has 0 radical (unpaired) electrons. The number of carbonyl (C=O) groups excluding carboxylic acids is 1. The number of fused-ring (bicyclic) bond motifs is 3. The van der Waals surface area contributed by atoms with Gasteiger partial charge in [-0.3, -0.25) is 4.79 Å². The molecule has 0 saturated carbocycles. The van der Waals surface area contributed by atoms with Gasteiger partial charge in [0, 0.05) is 13.1 Å². The number of hydrogen-bond donors (Lipinski definition) is 0. The standard InChI is InChI=1S/C27H23N3O3S/c31-27(29-13-15-33-16-14-29)25-23-18-34(32)24-12-5-4-11-22(24)26(23)30(28-25)21-10-6-9-20(17-21)19-7-2-1-3-8-19/h1-12,17H,13-16,18H2. The normalized spacial score (nSPS) is 17.2. The molecule has 1 atom stereocenters. The van der Waals surface area contributed by atoms with E-state index >= 15 is 0 Å². The third-order valence-corrected chi connectivity index (χ3v) is 7.74. The van der Waals surface area contributed by atoms with Crippen molar-refractivity contribution in [3.8, 4) is 28.1 Å². The van der Waals surface area contributed by atoms with E-state index in [1.807, 2.05) is 59.3 Å². The van der Waals surface area contributed by atoms with Crippen LogP contribution >= 0.6 is 0 Å². The van der Waals surface area contributed by atoms with Gasteiger partial charge in [0.25, 0.3) is 5.91 Å². The van der Waals surface area contributed by atoms with E-state index in [1.165, 1.54) is 0 Å². The topological polar surface area (TPSA) is 70.4 Å². The van der Waals surface area contributed by atoms with Gasteiger partial charge in [-0.15, -0.1) is 0 Å². The molecule has 7 heteroatoms. The summed E-state index contributed by atoms with van der Waals surface area (Å²) < 4.78 is 20.4. The van der Waals surface area contributed by atoms with Gasteiger partial charge in [0.2, 0.25) is 0 Å². The number of aromatic nitrogens is 2. The molecule has 3 aromatic carbocycles. The zero-order valence-corrected chi connectivity index (χ0v) is 19.3. The molecule has 1 amide bonds. The number of ether oxygens (including phenoxy) is 1. The second-order valence-corrected chi connectivity index (χ2v) is 9.81. The molecule has 2 aliphatic heterocycles. The summed E-state index contributed by atoms with van der Waals surface area (Å²) in [6.45, 7) is 2.10. The fourth-order valence-corrected chi connectivity index (χ4v) is 5.99. The lowest BCUT2D eigenvalue weighted by atomic mass is 10.0. The van der Waals surface area contributed by atoms with Gasteiger partial charge in [-0.1, -0.05) is 54.6 Å². The van der Waals surface area contributed by atoms with E-state index in [2.05, 4.69) is 24.3 Å². The van der Waals surface area contributed by atoms with Crippen LogP contribution in [0.1, 0.15) is 16.1 Å². The molecule has 1 unspecified atom stereocenters. The lowest BCUT2D eigenvalue weighted by Crippen LogP contribution is -2.41. The van der Waals surface area contributed by atoms with Gasteiger partial charge in [-0.2, -0.15) is 5.10 Å². The first kappa shape index (κ1) is 21.2. The SMILES string of the molecule is O=C(c1nn(-c2cccc(-c3ccccc3)c2)c2c1C[S+]([O-])c1ccccc1-2)N1CCOCC1. The maximum atomic E-state index is 13.5. The number of morpholine rings is 1. The van der Waals surface area contributed by atoms with Crippen LogP contribution in [0.2, 0.25) is 0 Å². The number of carbonyl (C=O) groups is 1. The fourth-order valence-electron chi connectivity index (χ4n) is 4.66. The molecule has 6 rings (SSSR count). The van der Waals surface area contributed by atoms with Crippen LogP contribution in [0.4, 0.5) is 0 Å². The summed E-state index contributed by atoms with van der Waals surface area (Å²) in [5.74, 6) is 0.143. The average Bonchev–Trinajstić information content (AvgIpc) is 3.29. The smallest absolute Gasteiger partial charge is 0.275 e. The lowest BCUT2D eigenvalue weighted by Gasteiger charge is -2.26. The second-order valence-electron chi connectivity index (χ2n) is 8.39. The van der Waals surface area contributed by atoms with E-state index in [1.54, 1.807) is 4.90 Å². The van der Waals surface area contributed by atoms with Crippen molar-refractivity contribution in [1.82, 2.24) is 14.7 Å². The van der Waals surface area contributed by atoms with Crippen LogP contribution in [0.15, 0.2) is 83.8 Å². The second kappa shape index (κ2) is 8.76. The largest absolute Gasteiger partial charge is 0.611 e. The van der Waals surface area contributed by atoms with Gasteiger partial charge in [0.1, 0.15) is 5.75 Å². The molecule has 4 aromatic rings. The highest BCUT2D eigenvalue weighted by Crippen LogP contribution is 2.41. The van der Waals surface area contributed by atoms with E-state index < -0.39 is 11.2 Å². The molecule has 6 nitrogen and oxygen atoms in total. The molecule has 34 heavy (non-hydrogen) atoms. The van der Waals surface area contributed by atoms with Crippen molar-refractivity contribution in [2.45, 2.75) is 10.6 Å². The maximum Gasteiger partial charge on any atom is 0.275 e. The minimum atomic E-state index is -1.23. The molecule has 0 aliphatic carbocycles. The number of nitrogens with zero attached hydrogens (tertiary/aromatic N) is 3. The first-order chi connectivity index (χ1) is 16.7. The minimum absolute atomic E-state index is 0.131. The van der Waals surface area contributed by atoms with E-state index in [4.69, 9.17) is 9.84 Å². The first-order valence-corrected chi connectivity index (χ1v) is 12.6. The summed E-state index contributed by atoms with van der Waals surface area (Å²) in [5.41, 5.74) is 5.87. The monoisotopic (exact) mass is 469 g/mol. The predicted octanol–water partition coefficient (Wildman–Crippen LogP) is 4.30. The average molecular weight is 470 g/mol. The quantitative estimate of drug-likeness (QED) is 0.420. The van der Waals surface area contributed by atoms with Gasteiger partial charge in [-0.05, 0) is 46.6 Å². The Hall–Kier alpha value is -3.39. The molecular weight excluding hydrogens is 446 g/mol. The predicted molar refractivity (Wildman–Crippen MR) is 131 cm³/mol. The number of amides is 1. The van der Waals surface area contributed by atoms with Crippen LogP contribution < -0.4 is 0 Å². The highest BCUT2D eigenvalue weighted by atomic mass is 32.2. The van der Waals surface area contributed by atoms with Crippen molar-refractivity contribution in [3.63, 3.8) is 0 Å². The van der Waals surface area contributed by atoms with Gasteiger partial charge < -0.3 is 14.2 Å². The Bertz CT molecular complexity index is 1360. The summed E-state index contributed by atoms with van der Waals surface area (Å²) in [6, 6.07) is 26.0. The highest BCUT2D eigenvalue weighted by molar-refractivity contribution is 7.90. The Kier molecular flexibility index (Phi) is 5.45. The Morgan fingerprint density at radius 2 is 1.65 bits per heavy atom. The lowest BCUT2D eigenvalue weighted by molar-refractivity contribution is 0.0298. The van der Waals surface area contributed by atoms with Crippen LogP contribution in [0, 0.1) is 0 Å². The molecule has 1 fully saturated rings. The van der Waals surface area contributed by atoms with Crippen molar-refractivity contribution in [2.75, 3.05) is 26.3 Å². The van der Waals surface area contributed by atoms with E-state index in [9.17, 15) is 9.35 Å².